The molecule has 8 nitrogen and oxygen atoms in total. The van der Waals surface area contributed by atoms with Crippen molar-refractivity contribution in [1.82, 2.24) is 14.9 Å². The lowest BCUT2D eigenvalue weighted by molar-refractivity contribution is -0.142. The number of carboxylic acid groups (broad SMARTS) is 1. The number of nitrogens with one attached hydrogen (secondary N) is 2. The topological polar surface area (TPSA) is 116 Å². The van der Waals surface area contributed by atoms with Crippen molar-refractivity contribution in [2.75, 3.05) is 26.4 Å². The second-order valence-electron chi connectivity index (χ2n) is 4.41. The molecule has 0 aliphatic heterocycles. The van der Waals surface area contributed by atoms with E-state index in [1.165, 1.54) is 27.9 Å². The van der Waals surface area contributed by atoms with E-state index in [0.29, 0.717) is 0 Å². The molecule has 0 bridgehead atoms. The van der Waals surface area contributed by atoms with E-state index in [-0.39, 0.29) is 12.3 Å². The van der Waals surface area contributed by atoms with Gasteiger partial charge in [0.15, 0.2) is 0 Å². The average Bonchev–Trinajstić information content (AvgIpc) is 2.15. The Morgan fingerprint density at radius 2 is 1.78 bits per heavy atom. The van der Waals surface area contributed by atoms with Crippen molar-refractivity contribution in [1.29, 1.82) is 0 Å². The lowest BCUT2D eigenvalue weighted by Crippen LogP contribution is -2.53. The number of rotatable bonds is 6. The van der Waals surface area contributed by atoms with Crippen LogP contribution >= 0.6 is 0 Å². The molecule has 0 saturated heterocycles. The van der Waals surface area contributed by atoms with Gasteiger partial charge in [-0.15, -0.1) is 0 Å². The van der Waals surface area contributed by atoms with E-state index in [0.717, 1.165) is 4.31 Å². The third kappa shape index (κ3) is 5.32. The van der Waals surface area contributed by atoms with E-state index in [9.17, 15) is 18.0 Å². The number of urea groups is 1. The highest BCUT2D eigenvalue weighted by atomic mass is 32.2. The highest BCUT2D eigenvalue weighted by Gasteiger charge is 2.28. The lowest BCUT2D eigenvalue weighted by Gasteiger charge is -2.21. The fraction of sp³-hybridized carbons (Fsp3) is 0.778. The molecule has 0 aromatic heterocycles. The van der Waals surface area contributed by atoms with Crippen LogP contribution in [0.25, 0.3) is 0 Å². The number of hydrogen-bond acceptors (Lipinski definition) is 4. The molecule has 0 aromatic carbocycles. The van der Waals surface area contributed by atoms with Gasteiger partial charge in [0.1, 0.15) is 5.54 Å². The predicted octanol–water partition coefficient (Wildman–Crippen LogP) is -0.960. The Morgan fingerprint density at radius 3 is 2.17 bits per heavy atom. The minimum absolute atomic E-state index is 0.0952. The van der Waals surface area contributed by atoms with Crippen LogP contribution in [0.5, 0.6) is 0 Å². The van der Waals surface area contributed by atoms with Gasteiger partial charge in [-0.25, -0.2) is 22.3 Å². The summed E-state index contributed by atoms with van der Waals surface area (Å²) in [5, 5.41) is 13.3. The molecule has 2 amide bonds. The Bertz CT molecular complexity index is 416. The fourth-order valence-corrected chi connectivity index (χ4v) is 1.58. The van der Waals surface area contributed by atoms with E-state index < -0.39 is 27.6 Å². The molecular formula is C9H19N3O5S. The number of sulfonamides is 1. The molecule has 0 spiro atoms. The van der Waals surface area contributed by atoms with Gasteiger partial charge >= 0.3 is 12.0 Å². The molecular weight excluding hydrogens is 262 g/mol. The molecule has 9 heteroatoms. The third-order valence-electron chi connectivity index (χ3n) is 2.16. The number of amides is 2. The zero-order chi connectivity index (χ0) is 14.6. The molecule has 0 aliphatic rings. The van der Waals surface area contributed by atoms with Crippen molar-refractivity contribution in [3.63, 3.8) is 0 Å². The smallest absolute Gasteiger partial charge is 0.328 e. The molecule has 0 radical (unpaired) electrons. The Morgan fingerprint density at radius 1 is 1.28 bits per heavy atom. The summed E-state index contributed by atoms with van der Waals surface area (Å²) in [6, 6.07) is -0.726. The summed E-state index contributed by atoms with van der Waals surface area (Å²) in [6.07, 6.45) is 0. The Balaban J connectivity index is 4.19. The van der Waals surface area contributed by atoms with Crippen LogP contribution in [0, 0.1) is 0 Å². The van der Waals surface area contributed by atoms with Crippen LogP contribution in [0.3, 0.4) is 0 Å². The Labute approximate surface area is 106 Å². The zero-order valence-electron chi connectivity index (χ0n) is 10.8. The van der Waals surface area contributed by atoms with Gasteiger partial charge in [0.2, 0.25) is 10.0 Å². The van der Waals surface area contributed by atoms with E-state index in [1.807, 2.05) is 0 Å². The number of hydrogen-bond donors (Lipinski definition) is 3. The molecule has 0 atom stereocenters. The fourth-order valence-electron chi connectivity index (χ4n) is 0.858. The van der Waals surface area contributed by atoms with Crippen molar-refractivity contribution >= 4 is 22.0 Å². The van der Waals surface area contributed by atoms with Gasteiger partial charge in [0.05, 0.1) is 5.75 Å². The Hall–Kier alpha value is -1.35. The van der Waals surface area contributed by atoms with Crippen LogP contribution in [0.4, 0.5) is 4.79 Å². The number of carbonyl (C=O) groups is 2. The molecule has 0 saturated carbocycles. The predicted molar refractivity (Wildman–Crippen MR) is 65.7 cm³/mol. The third-order valence-corrected chi connectivity index (χ3v) is 4.00. The van der Waals surface area contributed by atoms with Crippen molar-refractivity contribution in [2.24, 2.45) is 0 Å². The van der Waals surface area contributed by atoms with Crippen molar-refractivity contribution < 1.29 is 23.1 Å². The normalized spacial score (nSPS) is 12.3. The molecule has 0 heterocycles. The van der Waals surface area contributed by atoms with E-state index in [2.05, 4.69) is 10.6 Å². The van der Waals surface area contributed by atoms with Crippen LogP contribution in [0.15, 0.2) is 0 Å². The van der Waals surface area contributed by atoms with Crippen molar-refractivity contribution in [2.45, 2.75) is 19.4 Å². The molecule has 0 fully saturated rings. The average molecular weight is 281 g/mol. The van der Waals surface area contributed by atoms with Crippen LogP contribution in [-0.2, 0) is 14.8 Å². The summed E-state index contributed by atoms with van der Waals surface area (Å²) in [5.74, 6) is -1.43. The first-order valence-electron chi connectivity index (χ1n) is 5.18. The number of carboxylic acids is 1. The Kier molecular flexibility index (Phi) is 5.55. The van der Waals surface area contributed by atoms with Crippen LogP contribution in [-0.4, -0.2) is 61.8 Å². The zero-order valence-corrected chi connectivity index (χ0v) is 11.7. The van der Waals surface area contributed by atoms with Gasteiger partial charge in [-0.1, -0.05) is 0 Å². The standard InChI is InChI=1S/C9H19N3O5S/c1-9(2,7(13)14)11-8(15)10-5-6-18(16,17)12(3)4/h5-6H2,1-4H3,(H,13,14)(H2,10,11,15). The number of aliphatic carboxylic acids is 1. The summed E-state index contributed by atoms with van der Waals surface area (Å²) in [7, 11) is -0.596. The second kappa shape index (κ2) is 6.01. The van der Waals surface area contributed by atoms with Gasteiger partial charge in [0, 0.05) is 20.6 Å². The lowest BCUT2D eigenvalue weighted by atomic mass is 10.1. The number of carbonyl (C=O) groups excluding carboxylic acids is 1. The minimum atomic E-state index is -3.38. The summed E-state index contributed by atoms with van der Waals surface area (Å²) in [6.45, 7) is 2.55. The maximum Gasteiger partial charge on any atom is 0.328 e. The van der Waals surface area contributed by atoms with Gasteiger partial charge in [-0.05, 0) is 13.8 Å². The second-order valence-corrected chi connectivity index (χ2v) is 6.71. The summed E-state index contributed by atoms with van der Waals surface area (Å²) in [5.41, 5.74) is -1.41. The number of nitrogens with zero attached hydrogens (tertiary/aromatic N) is 1. The van der Waals surface area contributed by atoms with Gasteiger partial charge in [-0.3, -0.25) is 0 Å². The first-order valence-corrected chi connectivity index (χ1v) is 6.79. The summed E-state index contributed by atoms with van der Waals surface area (Å²) < 4.78 is 23.8. The van der Waals surface area contributed by atoms with Crippen LogP contribution in [0.1, 0.15) is 13.8 Å². The highest BCUT2D eigenvalue weighted by molar-refractivity contribution is 7.89. The first kappa shape index (κ1) is 16.6. The molecule has 18 heavy (non-hydrogen) atoms. The molecule has 0 rings (SSSR count). The molecule has 0 unspecified atom stereocenters. The summed E-state index contributed by atoms with van der Waals surface area (Å²) in [4.78, 5) is 22.1. The quantitative estimate of drug-likeness (QED) is 0.580. The molecule has 0 aromatic rings. The van der Waals surface area contributed by atoms with Crippen LogP contribution < -0.4 is 10.6 Å². The van der Waals surface area contributed by atoms with Gasteiger partial charge in [0.25, 0.3) is 0 Å². The molecule has 106 valence electrons. The van der Waals surface area contributed by atoms with Gasteiger partial charge < -0.3 is 15.7 Å². The van der Waals surface area contributed by atoms with Crippen molar-refractivity contribution in [3.8, 4) is 0 Å². The molecule has 3 N–H and O–H groups in total. The first-order chi connectivity index (χ1) is 7.99. The minimum Gasteiger partial charge on any atom is -0.480 e. The molecule has 0 aliphatic carbocycles. The van der Waals surface area contributed by atoms with Gasteiger partial charge in [-0.2, -0.15) is 0 Å². The highest BCUT2D eigenvalue weighted by Crippen LogP contribution is 2.00. The van der Waals surface area contributed by atoms with E-state index >= 15 is 0 Å². The van der Waals surface area contributed by atoms with E-state index in [4.69, 9.17) is 5.11 Å². The van der Waals surface area contributed by atoms with Crippen LogP contribution in [0.2, 0.25) is 0 Å². The monoisotopic (exact) mass is 281 g/mol. The van der Waals surface area contributed by atoms with E-state index in [1.54, 1.807) is 0 Å². The largest absolute Gasteiger partial charge is 0.480 e. The maximum absolute atomic E-state index is 11.4. The maximum atomic E-state index is 11.4. The van der Waals surface area contributed by atoms with Crippen molar-refractivity contribution in [3.05, 3.63) is 0 Å². The SMILES string of the molecule is CN(C)S(=O)(=O)CCNC(=O)NC(C)(C)C(=O)O. The summed E-state index contributed by atoms with van der Waals surface area (Å²) >= 11 is 0.